The molecule has 15 heteroatoms. The van der Waals surface area contributed by atoms with Gasteiger partial charge in [-0.15, -0.1) is 0 Å². The highest BCUT2D eigenvalue weighted by Crippen LogP contribution is 2.34. The molecule has 6 aromatic rings. The number of ether oxygens (including phenoxy) is 1. The number of fused-ring (bicyclic) bond motifs is 2. The van der Waals surface area contributed by atoms with E-state index in [0.29, 0.717) is 32.8 Å². The van der Waals surface area contributed by atoms with Gasteiger partial charge < -0.3 is 4.74 Å². The van der Waals surface area contributed by atoms with Crippen LogP contribution in [0.1, 0.15) is 20.7 Å². The molecule has 6 rings (SSSR count). The molecule has 0 aliphatic rings. The van der Waals surface area contributed by atoms with Gasteiger partial charge in [0.1, 0.15) is 11.5 Å². The molecule has 0 radical (unpaired) electrons. The van der Waals surface area contributed by atoms with Gasteiger partial charge >= 0.3 is 0 Å². The summed E-state index contributed by atoms with van der Waals surface area (Å²) in [5.74, 6) is 0.207. The molecular weight excluding hydrogens is 596 g/mol. The molecule has 0 unspecified atom stereocenters. The second-order valence-electron chi connectivity index (χ2n) is 8.92. The van der Waals surface area contributed by atoms with Crippen LogP contribution < -0.4 is 15.4 Å². The highest BCUT2D eigenvalue weighted by atomic mass is 32.1. The number of carbonyl (C=O) groups is 2. The van der Waals surface area contributed by atoms with Crippen LogP contribution in [-0.2, 0) is 0 Å². The lowest BCUT2D eigenvalue weighted by molar-refractivity contribution is -0.385. The van der Waals surface area contributed by atoms with Crippen molar-refractivity contribution in [3.63, 3.8) is 0 Å². The molecule has 0 spiro atoms. The summed E-state index contributed by atoms with van der Waals surface area (Å²) in [7, 11) is 0. The number of hydrogen-bond acceptors (Lipinski definition) is 11. The van der Waals surface area contributed by atoms with E-state index in [-0.39, 0.29) is 22.5 Å². The van der Waals surface area contributed by atoms with Crippen LogP contribution in [0.3, 0.4) is 0 Å². The van der Waals surface area contributed by atoms with Crippen LogP contribution in [-0.4, -0.2) is 31.6 Å². The number of carbonyl (C=O) groups excluding carboxylic acids is 2. The molecule has 0 saturated carbocycles. The van der Waals surface area contributed by atoms with Crippen LogP contribution in [0, 0.1) is 20.2 Å². The van der Waals surface area contributed by atoms with E-state index in [1.807, 2.05) is 0 Å². The van der Waals surface area contributed by atoms with Gasteiger partial charge in [0.05, 0.1) is 30.3 Å². The number of amides is 2. The van der Waals surface area contributed by atoms with Crippen molar-refractivity contribution in [3.8, 4) is 11.5 Å². The third-order valence-electron chi connectivity index (χ3n) is 6.08. The molecule has 0 bridgehead atoms. The Labute approximate surface area is 248 Å². The number of nitrogens with zero attached hydrogens (tertiary/aromatic N) is 4. The lowest BCUT2D eigenvalue weighted by Gasteiger charge is -2.05. The zero-order valence-electron chi connectivity index (χ0n) is 21.5. The van der Waals surface area contributed by atoms with Gasteiger partial charge in [0.2, 0.25) is 0 Å². The van der Waals surface area contributed by atoms with Gasteiger partial charge in [-0.25, -0.2) is 9.97 Å². The fraction of sp³-hybridized carbons (Fsp3) is 0. The summed E-state index contributed by atoms with van der Waals surface area (Å²) in [6.45, 7) is 0. The first-order chi connectivity index (χ1) is 20.7. The Morgan fingerprint density at radius 3 is 1.40 bits per heavy atom. The summed E-state index contributed by atoms with van der Waals surface area (Å²) in [6, 6.07) is 21.2. The first-order valence-electron chi connectivity index (χ1n) is 12.3. The Morgan fingerprint density at radius 2 is 1.02 bits per heavy atom. The van der Waals surface area contributed by atoms with Crippen LogP contribution in [0.5, 0.6) is 11.5 Å². The molecule has 0 saturated heterocycles. The van der Waals surface area contributed by atoms with E-state index < -0.39 is 21.7 Å². The number of thiazole rings is 2. The number of nitrogens with one attached hydrogen (secondary N) is 2. The zero-order chi connectivity index (χ0) is 30.1. The quantitative estimate of drug-likeness (QED) is 0.135. The van der Waals surface area contributed by atoms with Crippen molar-refractivity contribution in [3.05, 3.63) is 116 Å². The minimum absolute atomic E-state index is 0.106. The number of benzene rings is 4. The van der Waals surface area contributed by atoms with Gasteiger partial charge in [-0.2, -0.15) is 0 Å². The van der Waals surface area contributed by atoms with E-state index in [4.69, 9.17) is 4.74 Å². The predicted molar refractivity (Wildman–Crippen MR) is 161 cm³/mol. The number of anilines is 2. The maximum absolute atomic E-state index is 12.6. The van der Waals surface area contributed by atoms with Gasteiger partial charge in [-0.05, 0) is 48.5 Å². The fourth-order valence-corrected chi connectivity index (χ4v) is 5.77. The van der Waals surface area contributed by atoms with Crippen molar-refractivity contribution >= 4 is 76.6 Å². The van der Waals surface area contributed by atoms with Crippen LogP contribution in [0.15, 0.2) is 84.9 Å². The first-order valence-corrected chi connectivity index (χ1v) is 14.0. The summed E-state index contributed by atoms with van der Waals surface area (Å²) in [4.78, 5) is 54.6. The first kappa shape index (κ1) is 27.4. The molecule has 0 fully saturated rings. The Balaban J connectivity index is 1.13. The van der Waals surface area contributed by atoms with Crippen molar-refractivity contribution in [2.24, 2.45) is 0 Å². The van der Waals surface area contributed by atoms with E-state index in [9.17, 15) is 29.8 Å². The molecule has 43 heavy (non-hydrogen) atoms. The largest absolute Gasteiger partial charge is 0.457 e. The number of aromatic nitrogens is 2. The van der Waals surface area contributed by atoms with E-state index in [2.05, 4.69) is 20.6 Å². The highest BCUT2D eigenvalue weighted by Gasteiger charge is 2.15. The summed E-state index contributed by atoms with van der Waals surface area (Å²) in [5, 5.41) is 27.8. The van der Waals surface area contributed by atoms with Crippen LogP contribution >= 0.6 is 22.7 Å². The van der Waals surface area contributed by atoms with E-state index in [1.165, 1.54) is 71.2 Å². The standard InChI is InChI=1S/C28H16N6O7S2/c35-25(15-1-5-17(6-2-15)33(37)38)31-27-29-21-11-9-19(13-23(21)42-27)41-20-10-12-22-24(14-20)43-28(30-22)32-26(36)16-3-7-18(8-4-16)34(39)40/h1-14H,(H,29,31,35)(H,30,32,36). The monoisotopic (exact) mass is 612 g/mol. The van der Waals surface area contributed by atoms with Gasteiger partial charge in [-0.1, -0.05) is 22.7 Å². The van der Waals surface area contributed by atoms with Crippen molar-refractivity contribution in [1.29, 1.82) is 0 Å². The lowest BCUT2D eigenvalue weighted by atomic mass is 10.2. The van der Waals surface area contributed by atoms with Crippen molar-refractivity contribution < 1.29 is 24.2 Å². The minimum Gasteiger partial charge on any atom is -0.457 e. The van der Waals surface area contributed by atoms with Gasteiger partial charge in [0, 0.05) is 47.5 Å². The molecule has 4 aromatic carbocycles. The Kier molecular flexibility index (Phi) is 7.15. The number of nitro groups is 2. The molecular formula is C28H16N6O7S2. The maximum atomic E-state index is 12.6. The summed E-state index contributed by atoms with van der Waals surface area (Å²) in [5.41, 5.74) is 1.63. The fourth-order valence-electron chi connectivity index (χ4n) is 3.99. The van der Waals surface area contributed by atoms with Crippen LogP contribution in [0.4, 0.5) is 21.6 Å². The summed E-state index contributed by atoms with van der Waals surface area (Å²) in [6.07, 6.45) is 0. The second-order valence-corrected chi connectivity index (χ2v) is 11.0. The van der Waals surface area contributed by atoms with E-state index in [1.54, 1.807) is 36.4 Å². The smallest absolute Gasteiger partial charge is 0.269 e. The number of rotatable bonds is 8. The van der Waals surface area contributed by atoms with Gasteiger partial charge in [0.15, 0.2) is 10.3 Å². The highest BCUT2D eigenvalue weighted by molar-refractivity contribution is 7.22. The van der Waals surface area contributed by atoms with Gasteiger partial charge in [-0.3, -0.25) is 40.5 Å². The number of nitro benzene ring substituents is 2. The number of hydrogen-bond donors (Lipinski definition) is 2. The molecule has 212 valence electrons. The Morgan fingerprint density at radius 1 is 0.628 bits per heavy atom. The second kappa shape index (κ2) is 11.2. The Bertz CT molecular complexity index is 1910. The van der Waals surface area contributed by atoms with E-state index >= 15 is 0 Å². The van der Waals surface area contributed by atoms with Gasteiger partial charge in [0.25, 0.3) is 23.2 Å². The molecule has 2 aromatic heterocycles. The maximum Gasteiger partial charge on any atom is 0.269 e. The molecule has 2 N–H and O–H groups in total. The summed E-state index contributed by atoms with van der Waals surface area (Å²) < 4.78 is 7.59. The topological polar surface area (TPSA) is 179 Å². The SMILES string of the molecule is O=C(Nc1nc2ccc(Oc3ccc4nc(NC(=O)c5ccc([N+](=O)[O-])cc5)sc4c3)cc2s1)c1ccc([N+](=O)[O-])cc1. The molecule has 0 aliphatic carbocycles. The third-order valence-corrected chi connectivity index (χ3v) is 7.94. The number of non-ortho nitro benzene ring substituents is 2. The van der Waals surface area contributed by atoms with Crippen molar-refractivity contribution in [2.45, 2.75) is 0 Å². The van der Waals surface area contributed by atoms with Crippen LogP contribution in [0.2, 0.25) is 0 Å². The predicted octanol–water partition coefficient (Wildman–Crippen LogP) is 7.02. The average Bonchev–Trinajstić information content (AvgIpc) is 3.59. The zero-order valence-corrected chi connectivity index (χ0v) is 23.2. The van der Waals surface area contributed by atoms with Crippen molar-refractivity contribution in [2.75, 3.05) is 10.6 Å². The average molecular weight is 613 g/mol. The molecule has 2 amide bonds. The Hall–Kier alpha value is -5.80. The molecule has 2 heterocycles. The normalized spacial score (nSPS) is 10.9. The molecule has 0 atom stereocenters. The molecule has 13 nitrogen and oxygen atoms in total. The van der Waals surface area contributed by atoms with E-state index in [0.717, 1.165) is 9.40 Å². The third kappa shape index (κ3) is 5.97. The van der Waals surface area contributed by atoms with Crippen LogP contribution in [0.25, 0.3) is 20.4 Å². The van der Waals surface area contributed by atoms with Crippen molar-refractivity contribution in [1.82, 2.24) is 9.97 Å². The summed E-state index contributed by atoms with van der Waals surface area (Å²) >= 11 is 2.50. The minimum atomic E-state index is -0.534. The lowest BCUT2D eigenvalue weighted by Crippen LogP contribution is -2.11. The molecule has 0 aliphatic heterocycles.